The molecule has 18 heavy (non-hydrogen) atoms. The second-order valence-corrected chi connectivity index (χ2v) is 3.77. The lowest BCUT2D eigenvalue weighted by Gasteiger charge is -2.07. The van der Waals surface area contributed by atoms with Crippen molar-refractivity contribution in [3.8, 4) is 12.3 Å². The Hall–Kier alpha value is -2.09. The summed E-state index contributed by atoms with van der Waals surface area (Å²) in [5.74, 6) is 0.142. The summed E-state index contributed by atoms with van der Waals surface area (Å²) in [6.45, 7) is 0.358. The SMILES string of the molecule is C#CCCCCNC(=O)c1cc(F)cc(N)c1F. The molecule has 0 aliphatic heterocycles. The summed E-state index contributed by atoms with van der Waals surface area (Å²) in [5, 5.41) is 2.48. The number of nitrogens with two attached hydrogens (primary N) is 1. The van der Waals surface area contributed by atoms with E-state index in [-0.39, 0.29) is 11.3 Å². The van der Waals surface area contributed by atoms with Crippen LogP contribution in [0.15, 0.2) is 12.1 Å². The number of benzene rings is 1. The lowest BCUT2D eigenvalue weighted by atomic mass is 10.1. The van der Waals surface area contributed by atoms with Crippen molar-refractivity contribution in [1.82, 2.24) is 5.32 Å². The van der Waals surface area contributed by atoms with Crippen molar-refractivity contribution < 1.29 is 13.6 Å². The van der Waals surface area contributed by atoms with Crippen molar-refractivity contribution >= 4 is 11.6 Å². The van der Waals surface area contributed by atoms with Crippen molar-refractivity contribution in [3.05, 3.63) is 29.3 Å². The van der Waals surface area contributed by atoms with Crippen molar-refractivity contribution in [3.63, 3.8) is 0 Å². The van der Waals surface area contributed by atoms with Crippen molar-refractivity contribution in [1.29, 1.82) is 0 Å². The van der Waals surface area contributed by atoms with Gasteiger partial charge in [0.15, 0.2) is 5.82 Å². The predicted octanol–water partition coefficient (Wildman–Crippen LogP) is 2.08. The Bertz CT molecular complexity index is 481. The third-order valence-electron chi connectivity index (χ3n) is 2.34. The fourth-order valence-electron chi connectivity index (χ4n) is 1.42. The first-order chi connectivity index (χ1) is 8.56. The average molecular weight is 252 g/mol. The molecule has 1 amide bonds. The number of carbonyl (C=O) groups excluding carboxylic acids is 1. The molecule has 0 saturated heterocycles. The second kappa shape index (κ2) is 6.60. The number of nitrogens with one attached hydrogen (secondary N) is 1. The molecule has 0 saturated carbocycles. The first-order valence-electron chi connectivity index (χ1n) is 5.52. The van der Waals surface area contributed by atoms with Crippen LogP contribution in [-0.2, 0) is 0 Å². The smallest absolute Gasteiger partial charge is 0.254 e. The van der Waals surface area contributed by atoms with Gasteiger partial charge in [0.25, 0.3) is 5.91 Å². The first-order valence-corrected chi connectivity index (χ1v) is 5.52. The highest BCUT2D eigenvalue weighted by atomic mass is 19.1. The van der Waals surface area contributed by atoms with E-state index < -0.39 is 17.5 Å². The zero-order chi connectivity index (χ0) is 13.5. The molecule has 0 aromatic heterocycles. The molecule has 0 unspecified atom stereocenters. The van der Waals surface area contributed by atoms with Gasteiger partial charge in [0, 0.05) is 13.0 Å². The van der Waals surface area contributed by atoms with Gasteiger partial charge in [0.2, 0.25) is 0 Å². The van der Waals surface area contributed by atoms with Crippen LogP contribution in [0.1, 0.15) is 29.6 Å². The van der Waals surface area contributed by atoms with E-state index in [1.54, 1.807) is 0 Å². The van der Waals surface area contributed by atoms with E-state index in [1.807, 2.05) is 0 Å². The number of hydrogen-bond donors (Lipinski definition) is 2. The molecule has 0 fully saturated rings. The van der Waals surface area contributed by atoms with Crippen LogP contribution >= 0.6 is 0 Å². The molecule has 1 aromatic carbocycles. The van der Waals surface area contributed by atoms with Crippen LogP contribution in [0.2, 0.25) is 0 Å². The third kappa shape index (κ3) is 3.74. The van der Waals surface area contributed by atoms with Crippen molar-refractivity contribution in [2.45, 2.75) is 19.3 Å². The molecule has 0 aliphatic carbocycles. The lowest BCUT2D eigenvalue weighted by Crippen LogP contribution is -2.25. The number of hydrogen-bond acceptors (Lipinski definition) is 2. The molecule has 3 nitrogen and oxygen atoms in total. The van der Waals surface area contributed by atoms with Gasteiger partial charge in [-0.3, -0.25) is 4.79 Å². The van der Waals surface area contributed by atoms with Gasteiger partial charge in [0.1, 0.15) is 5.82 Å². The monoisotopic (exact) mass is 252 g/mol. The summed E-state index contributed by atoms with van der Waals surface area (Å²) < 4.78 is 26.5. The predicted molar refractivity (Wildman–Crippen MR) is 65.8 cm³/mol. The summed E-state index contributed by atoms with van der Waals surface area (Å²) in [5.41, 5.74) is 4.47. The molecule has 96 valence electrons. The molecule has 0 atom stereocenters. The number of rotatable bonds is 5. The van der Waals surface area contributed by atoms with Crippen molar-refractivity contribution in [2.24, 2.45) is 0 Å². The van der Waals surface area contributed by atoms with Gasteiger partial charge < -0.3 is 11.1 Å². The maximum absolute atomic E-state index is 13.5. The van der Waals surface area contributed by atoms with Gasteiger partial charge in [-0.2, -0.15) is 0 Å². The molecular weight excluding hydrogens is 238 g/mol. The molecule has 1 aromatic rings. The van der Waals surface area contributed by atoms with Crippen LogP contribution in [0.4, 0.5) is 14.5 Å². The molecule has 0 bridgehead atoms. The van der Waals surface area contributed by atoms with Gasteiger partial charge in [-0.1, -0.05) is 0 Å². The number of amides is 1. The maximum atomic E-state index is 13.5. The van der Waals surface area contributed by atoms with Crippen LogP contribution < -0.4 is 11.1 Å². The van der Waals surface area contributed by atoms with E-state index in [9.17, 15) is 13.6 Å². The molecule has 0 radical (unpaired) electrons. The minimum atomic E-state index is -0.905. The Balaban J connectivity index is 2.60. The van der Waals surface area contributed by atoms with E-state index in [0.29, 0.717) is 19.4 Å². The quantitative estimate of drug-likeness (QED) is 0.479. The lowest BCUT2D eigenvalue weighted by molar-refractivity contribution is 0.0948. The molecule has 0 aliphatic rings. The Morgan fingerprint density at radius 2 is 2.11 bits per heavy atom. The molecule has 0 heterocycles. The Kier molecular flexibility index (Phi) is 5.12. The Morgan fingerprint density at radius 3 is 2.78 bits per heavy atom. The van der Waals surface area contributed by atoms with E-state index in [4.69, 9.17) is 12.2 Å². The first kappa shape index (κ1) is 14.0. The van der Waals surface area contributed by atoms with Crippen LogP contribution in [0.25, 0.3) is 0 Å². The van der Waals surface area contributed by atoms with Gasteiger partial charge in [-0.15, -0.1) is 12.3 Å². The van der Waals surface area contributed by atoms with Crippen molar-refractivity contribution in [2.75, 3.05) is 12.3 Å². The van der Waals surface area contributed by atoms with E-state index in [2.05, 4.69) is 11.2 Å². The standard InChI is InChI=1S/C13H14F2N2O/c1-2-3-4-5-6-17-13(18)10-7-9(14)8-11(16)12(10)15/h1,7-8H,3-6,16H2,(H,17,18). The van der Waals surface area contributed by atoms with E-state index in [0.717, 1.165) is 18.6 Å². The van der Waals surface area contributed by atoms with Crippen LogP contribution in [0.5, 0.6) is 0 Å². The fourth-order valence-corrected chi connectivity index (χ4v) is 1.42. The zero-order valence-electron chi connectivity index (χ0n) is 9.80. The van der Waals surface area contributed by atoms with Gasteiger partial charge in [-0.05, 0) is 25.0 Å². The summed E-state index contributed by atoms with van der Waals surface area (Å²) >= 11 is 0. The Labute approximate surface area is 104 Å². The average Bonchev–Trinajstić information content (AvgIpc) is 2.33. The third-order valence-corrected chi connectivity index (χ3v) is 2.34. The molecule has 5 heteroatoms. The number of nitrogen functional groups attached to an aromatic ring is 1. The minimum Gasteiger partial charge on any atom is -0.396 e. The normalized spacial score (nSPS) is 9.83. The summed E-state index contributed by atoms with van der Waals surface area (Å²) in [6.07, 6.45) is 7.15. The van der Waals surface area contributed by atoms with Gasteiger partial charge in [-0.25, -0.2) is 8.78 Å². The van der Waals surface area contributed by atoms with E-state index >= 15 is 0 Å². The number of anilines is 1. The molecular formula is C13H14F2N2O. The highest BCUT2D eigenvalue weighted by molar-refractivity contribution is 5.95. The number of halogens is 2. The topological polar surface area (TPSA) is 55.1 Å². The highest BCUT2D eigenvalue weighted by Gasteiger charge is 2.15. The summed E-state index contributed by atoms with van der Waals surface area (Å²) in [4.78, 5) is 11.6. The number of carbonyl (C=O) groups is 1. The minimum absolute atomic E-state index is 0.358. The summed E-state index contributed by atoms with van der Waals surface area (Å²) in [6, 6.07) is 1.65. The Morgan fingerprint density at radius 1 is 1.39 bits per heavy atom. The van der Waals surface area contributed by atoms with Crippen LogP contribution in [0, 0.1) is 24.0 Å². The van der Waals surface area contributed by atoms with Gasteiger partial charge >= 0.3 is 0 Å². The zero-order valence-corrected chi connectivity index (χ0v) is 9.80. The highest BCUT2D eigenvalue weighted by Crippen LogP contribution is 2.17. The summed E-state index contributed by atoms with van der Waals surface area (Å²) in [7, 11) is 0. The largest absolute Gasteiger partial charge is 0.396 e. The molecule has 0 spiro atoms. The van der Waals surface area contributed by atoms with Gasteiger partial charge in [0.05, 0.1) is 11.3 Å². The van der Waals surface area contributed by atoms with Crippen LogP contribution in [-0.4, -0.2) is 12.5 Å². The number of terminal acetylenes is 1. The number of unbranched alkanes of at least 4 members (excludes halogenated alkanes) is 2. The second-order valence-electron chi connectivity index (χ2n) is 3.77. The molecule has 1 rings (SSSR count). The van der Waals surface area contributed by atoms with E-state index in [1.165, 1.54) is 0 Å². The molecule has 3 N–H and O–H groups in total. The fraction of sp³-hybridized carbons (Fsp3) is 0.308. The maximum Gasteiger partial charge on any atom is 0.254 e. The van der Waals surface area contributed by atoms with Crippen LogP contribution in [0.3, 0.4) is 0 Å².